The van der Waals surface area contributed by atoms with Crippen molar-refractivity contribution < 1.29 is 19.1 Å². The number of ether oxygens (including phenoxy) is 2. The predicted octanol–water partition coefficient (Wildman–Crippen LogP) is 4.05. The minimum absolute atomic E-state index is 0.0515. The summed E-state index contributed by atoms with van der Waals surface area (Å²) in [5, 5.41) is 2.50. The Balaban J connectivity index is 1.53. The van der Waals surface area contributed by atoms with E-state index in [2.05, 4.69) is 16.2 Å². The van der Waals surface area contributed by atoms with Gasteiger partial charge in [-0.3, -0.25) is 25.8 Å². The third-order valence-electron chi connectivity index (χ3n) is 4.73. The van der Waals surface area contributed by atoms with Gasteiger partial charge in [-0.2, -0.15) is 0 Å². The van der Waals surface area contributed by atoms with Crippen LogP contribution < -0.4 is 25.6 Å². The fourth-order valence-electron chi connectivity index (χ4n) is 3.08. The molecule has 0 fully saturated rings. The zero-order valence-electron chi connectivity index (χ0n) is 18.9. The van der Waals surface area contributed by atoms with E-state index in [4.69, 9.17) is 21.7 Å². The first-order chi connectivity index (χ1) is 16.6. The summed E-state index contributed by atoms with van der Waals surface area (Å²) in [6.07, 6.45) is 1.54. The van der Waals surface area contributed by atoms with E-state index in [1.807, 2.05) is 37.3 Å². The van der Waals surface area contributed by atoms with Crippen molar-refractivity contribution in [2.45, 2.75) is 19.8 Å². The first-order valence-electron chi connectivity index (χ1n) is 11.0. The molecule has 176 valence electrons. The summed E-state index contributed by atoms with van der Waals surface area (Å²) in [4.78, 5) is 25.3. The lowest BCUT2D eigenvalue weighted by atomic mass is 10.1. The third-order valence-corrected chi connectivity index (χ3v) is 4.94. The number of carbonyl (C=O) groups is 2. The molecule has 0 heterocycles. The molecular formula is C26H27N3O4S. The summed E-state index contributed by atoms with van der Waals surface area (Å²) >= 11 is 5.17. The number of amides is 2. The Hall–Kier alpha value is -3.91. The number of rotatable bonds is 9. The van der Waals surface area contributed by atoms with Gasteiger partial charge < -0.3 is 9.47 Å². The molecule has 8 heteroatoms. The number of hydrazine groups is 1. The molecular weight excluding hydrogens is 450 g/mol. The Labute approximate surface area is 204 Å². The Morgan fingerprint density at radius 2 is 1.29 bits per heavy atom. The maximum absolute atomic E-state index is 12.7. The lowest BCUT2D eigenvalue weighted by molar-refractivity contribution is 0.0930. The number of thiocarbonyl (C=S) groups is 1. The van der Waals surface area contributed by atoms with Crippen molar-refractivity contribution in [2.75, 3.05) is 13.2 Å². The molecule has 3 aromatic carbocycles. The Bertz CT molecular complexity index is 1120. The highest BCUT2D eigenvalue weighted by molar-refractivity contribution is 7.80. The minimum Gasteiger partial charge on any atom is -0.493 e. The number of nitrogens with one attached hydrogen (secondary N) is 3. The number of para-hydroxylation sites is 2. The molecule has 0 spiro atoms. The molecule has 34 heavy (non-hydrogen) atoms. The van der Waals surface area contributed by atoms with Gasteiger partial charge in [-0.15, -0.1) is 0 Å². The normalized spacial score (nSPS) is 10.1. The molecule has 7 nitrogen and oxygen atoms in total. The van der Waals surface area contributed by atoms with Gasteiger partial charge in [-0.1, -0.05) is 61.5 Å². The smallest absolute Gasteiger partial charge is 0.273 e. The van der Waals surface area contributed by atoms with Crippen molar-refractivity contribution in [2.24, 2.45) is 0 Å². The molecule has 2 amide bonds. The van der Waals surface area contributed by atoms with Crippen LogP contribution in [0.2, 0.25) is 0 Å². The third kappa shape index (κ3) is 7.31. The van der Waals surface area contributed by atoms with Gasteiger partial charge in [0.05, 0.1) is 24.3 Å². The molecule has 3 N–H and O–H groups in total. The van der Waals surface area contributed by atoms with Gasteiger partial charge >= 0.3 is 0 Å². The molecule has 0 atom stereocenters. The van der Waals surface area contributed by atoms with Crippen LogP contribution in [0.3, 0.4) is 0 Å². The molecule has 0 aliphatic heterocycles. The fourth-order valence-corrected chi connectivity index (χ4v) is 3.22. The van der Waals surface area contributed by atoms with Gasteiger partial charge in [0.2, 0.25) is 0 Å². The van der Waals surface area contributed by atoms with Crippen LogP contribution in [0, 0.1) is 0 Å². The van der Waals surface area contributed by atoms with E-state index in [0.29, 0.717) is 42.3 Å². The van der Waals surface area contributed by atoms with Gasteiger partial charge in [-0.25, -0.2) is 0 Å². The van der Waals surface area contributed by atoms with Crippen molar-refractivity contribution in [3.8, 4) is 11.5 Å². The van der Waals surface area contributed by atoms with Crippen LogP contribution in [0.1, 0.15) is 39.6 Å². The van der Waals surface area contributed by atoms with Crippen molar-refractivity contribution in [3.05, 3.63) is 95.6 Å². The molecule has 0 aliphatic rings. The van der Waals surface area contributed by atoms with Crippen LogP contribution in [0.25, 0.3) is 0 Å². The summed E-state index contributed by atoms with van der Waals surface area (Å²) in [5.74, 6) is 0.0339. The number of carbonyl (C=O) groups excluding carboxylic acids is 2. The van der Waals surface area contributed by atoms with Crippen LogP contribution >= 0.6 is 12.2 Å². The molecule has 0 unspecified atom stereocenters. The van der Waals surface area contributed by atoms with E-state index in [1.54, 1.807) is 48.5 Å². The average Bonchev–Trinajstić information content (AvgIpc) is 2.87. The molecule has 3 aromatic rings. The summed E-state index contributed by atoms with van der Waals surface area (Å²) < 4.78 is 11.4. The maximum atomic E-state index is 12.7. The molecule has 0 saturated heterocycles. The minimum atomic E-state index is -0.450. The topological polar surface area (TPSA) is 88.7 Å². The zero-order chi connectivity index (χ0) is 24.2. The monoisotopic (exact) mass is 477 g/mol. The zero-order valence-corrected chi connectivity index (χ0v) is 19.7. The van der Waals surface area contributed by atoms with Crippen molar-refractivity contribution in [1.29, 1.82) is 0 Å². The van der Waals surface area contributed by atoms with Crippen molar-refractivity contribution >= 4 is 29.1 Å². The van der Waals surface area contributed by atoms with Crippen LogP contribution in [-0.2, 0) is 6.42 Å². The van der Waals surface area contributed by atoms with Gasteiger partial charge in [0, 0.05) is 6.42 Å². The second-order valence-corrected chi connectivity index (χ2v) is 7.70. The molecule has 0 aromatic heterocycles. The van der Waals surface area contributed by atoms with Gasteiger partial charge in [0.1, 0.15) is 11.5 Å². The molecule has 0 aliphatic carbocycles. The van der Waals surface area contributed by atoms with Gasteiger partial charge in [0.15, 0.2) is 5.11 Å². The van der Waals surface area contributed by atoms with Crippen LogP contribution in [0.4, 0.5) is 0 Å². The summed E-state index contributed by atoms with van der Waals surface area (Å²) in [6, 6.07) is 23.8. The summed E-state index contributed by atoms with van der Waals surface area (Å²) in [5.41, 5.74) is 6.88. The van der Waals surface area contributed by atoms with Gasteiger partial charge in [-0.05, 0) is 48.5 Å². The molecule has 0 saturated carbocycles. The Kier molecular flexibility index (Phi) is 9.42. The van der Waals surface area contributed by atoms with E-state index in [9.17, 15) is 9.59 Å². The standard InChI is InChI=1S/C26H27N3O4S/c1-2-17-32-23-15-9-7-13-21(23)25(31)28-29-26(34)27-24(30)20-12-6-8-14-22(20)33-18-16-19-10-4-3-5-11-19/h3-15H,2,16-18H2,1H3,(H,28,31)(H2,27,29,30,34). The molecule has 0 bridgehead atoms. The van der Waals surface area contributed by atoms with E-state index in [1.165, 1.54) is 0 Å². The van der Waals surface area contributed by atoms with Crippen LogP contribution in [0.15, 0.2) is 78.9 Å². The van der Waals surface area contributed by atoms with E-state index in [-0.39, 0.29) is 5.11 Å². The summed E-state index contributed by atoms with van der Waals surface area (Å²) in [6.45, 7) is 2.91. The molecule has 3 rings (SSSR count). The van der Waals surface area contributed by atoms with E-state index < -0.39 is 11.8 Å². The highest BCUT2D eigenvalue weighted by Crippen LogP contribution is 2.19. The first kappa shape index (κ1) is 24.7. The number of hydrogen-bond acceptors (Lipinski definition) is 5. The van der Waals surface area contributed by atoms with E-state index in [0.717, 1.165) is 12.0 Å². The fraction of sp³-hybridized carbons (Fsp3) is 0.192. The predicted molar refractivity (Wildman–Crippen MR) is 135 cm³/mol. The van der Waals surface area contributed by atoms with Gasteiger partial charge in [0.25, 0.3) is 11.8 Å². The highest BCUT2D eigenvalue weighted by atomic mass is 32.1. The van der Waals surface area contributed by atoms with Crippen molar-refractivity contribution in [3.63, 3.8) is 0 Å². The lowest BCUT2D eigenvalue weighted by Crippen LogP contribution is -2.48. The molecule has 0 radical (unpaired) electrons. The quantitative estimate of drug-likeness (QED) is 0.318. The lowest BCUT2D eigenvalue weighted by Gasteiger charge is -2.14. The van der Waals surface area contributed by atoms with Crippen molar-refractivity contribution in [1.82, 2.24) is 16.2 Å². The SMILES string of the molecule is CCCOc1ccccc1C(=O)NNC(=S)NC(=O)c1ccccc1OCCc1ccccc1. The highest BCUT2D eigenvalue weighted by Gasteiger charge is 2.15. The number of hydrogen-bond donors (Lipinski definition) is 3. The largest absolute Gasteiger partial charge is 0.493 e. The Morgan fingerprint density at radius 1 is 0.735 bits per heavy atom. The van der Waals surface area contributed by atoms with Crippen LogP contribution in [0.5, 0.6) is 11.5 Å². The number of benzene rings is 3. The maximum Gasteiger partial charge on any atom is 0.273 e. The average molecular weight is 478 g/mol. The summed E-state index contributed by atoms with van der Waals surface area (Å²) in [7, 11) is 0. The second kappa shape index (κ2) is 13.0. The van der Waals surface area contributed by atoms with Crippen LogP contribution in [-0.4, -0.2) is 30.1 Å². The second-order valence-electron chi connectivity index (χ2n) is 7.29. The Morgan fingerprint density at radius 3 is 1.94 bits per heavy atom. The first-order valence-corrected chi connectivity index (χ1v) is 11.4. The van der Waals surface area contributed by atoms with E-state index >= 15 is 0 Å².